The van der Waals surface area contributed by atoms with E-state index in [1.165, 1.54) is 17.0 Å². The van der Waals surface area contributed by atoms with Gasteiger partial charge >= 0.3 is 6.09 Å². The summed E-state index contributed by atoms with van der Waals surface area (Å²) in [5.41, 5.74) is 1.87. The average molecular weight is 378 g/mol. The molecule has 2 aromatic carbocycles. The smallest absolute Gasteiger partial charge is 0.416 e. The predicted molar refractivity (Wildman–Crippen MR) is 103 cm³/mol. The Morgan fingerprint density at radius 3 is 2.64 bits per heavy atom. The van der Waals surface area contributed by atoms with E-state index in [2.05, 4.69) is 15.3 Å². The molecular weight excluding hydrogens is 359 g/mol. The summed E-state index contributed by atoms with van der Waals surface area (Å²) in [7, 11) is 0. The molecule has 0 bridgehead atoms. The molecule has 2 heterocycles. The Morgan fingerprint density at radius 1 is 1.14 bits per heavy atom. The molecule has 28 heavy (non-hydrogen) atoms. The third kappa shape index (κ3) is 3.64. The first kappa shape index (κ1) is 17.9. The number of halogens is 1. The Kier molecular flexibility index (Phi) is 4.89. The van der Waals surface area contributed by atoms with Crippen LogP contribution in [0, 0.1) is 5.82 Å². The summed E-state index contributed by atoms with van der Waals surface area (Å²) in [5.74, 6) is 0.505. The van der Waals surface area contributed by atoms with Gasteiger partial charge in [0.25, 0.3) is 0 Å². The maximum absolute atomic E-state index is 13.2. The summed E-state index contributed by atoms with van der Waals surface area (Å²) in [6, 6.07) is 17.2. The van der Waals surface area contributed by atoms with Gasteiger partial charge < -0.3 is 10.1 Å². The number of cyclic esters (lactones) is 1. The Morgan fingerprint density at radius 2 is 1.89 bits per heavy atom. The topological polar surface area (TPSA) is 67.4 Å². The minimum Gasteiger partial charge on any atom is -0.447 e. The number of hydrogen-bond acceptors (Lipinski definition) is 5. The molecule has 1 aliphatic rings. The van der Waals surface area contributed by atoms with Gasteiger partial charge in [0.05, 0.1) is 6.04 Å². The van der Waals surface area contributed by atoms with E-state index in [0.717, 1.165) is 11.1 Å². The van der Waals surface area contributed by atoms with Crippen molar-refractivity contribution in [3.63, 3.8) is 0 Å². The SMILES string of the molecule is C[C@H](Nc1nccc(N2C(=O)OC[C@H]2c2ccc(F)cc2)n1)c1ccccc1. The molecule has 2 atom stereocenters. The molecule has 0 aliphatic carbocycles. The molecule has 0 unspecified atom stereocenters. The summed E-state index contributed by atoms with van der Waals surface area (Å²) in [4.78, 5) is 22.5. The van der Waals surface area contributed by atoms with Gasteiger partial charge in [0.2, 0.25) is 5.95 Å². The molecule has 3 aromatic rings. The third-order valence-electron chi connectivity index (χ3n) is 4.66. The standard InChI is InChI=1S/C21H19FN4O2/c1-14(15-5-3-2-4-6-15)24-20-23-12-11-19(25-20)26-18(13-28-21(26)27)16-7-9-17(22)10-8-16/h2-12,14,18H,13H2,1H3,(H,23,24,25)/t14-,18-/m0/s1. The number of rotatable bonds is 5. The van der Waals surface area contributed by atoms with Gasteiger partial charge in [0.15, 0.2) is 0 Å². The average Bonchev–Trinajstić information content (AvgIpc) is 3.11. The molecule has 0 spiro atoms. The number of ether oxygens (including phenoxy) is 1. The molecule has 1 fully saturated rings. The minimum absolute atomic E-state index is 0.00475. The summed E-state index contributed by atoms with van der Waals surface area (Å²) in [5, 5.41) is 3.25. The Hall–Kier alpha value is -3.48. The summed E-state index contributed by atoms with van der Waals surface area (Å²) in [6.07, 6.45) is 1.10. The molecule has 1 saturated heterocycles. The fraction of sp³-hybridized carbons (Fsp3) is 0.190. The van der Waals surface area contributed by atoms with Crippen molar-refractivity contribution in [2.75, 3.05) is 16.8 Å². The number of nitrogens with zero attached hydrogens (tertiary/aromatic N) is 3. The highest BCUT2D eigenvalue weighted by atomic mass is 19.1. The molecule has 7 heteroatoms. The van der Waals surface area contributed by atoms with Crippen LogP contribution in [0.25, 0.3) is 0 Å². The van der Waals surface area contributed by atoms with E-state index in [-0.39, 0.29) is 24.5 Å². The highest BCUT2D eigenvalue weighted by Gasteiger charge is 2.36. The number of amides is 1. The highest BCUT2D eigenvalue weighted by molar-refractivity contribution is 5.89. The lowest BCUT2D eigenvalue weighted by atomic mass is 10.1. The fourth-order valence-corrected chi connectivity index (χ4v) is 3.18. The second kappa shape index (κ2) is 7.64. The van der Waals surface area contributed by atoms with Crippen LogP contribution in [0.15, 0.2) is 66.9 Å². The van der Waals surface area contributed by atoms with Gasteiger partial charge in [-0.2, -0.15) is 4.98 Å². The normalized spacial score (nSPS) is 17.3. The number of benzene rings is 2. The predicted octanol–water partition coefficient (Wildman–Crippen LogP) is 4.49. The van der Waals surface area contributed by atoms with Crippen LogP contribution >= 0.6 is 0 Å². The lowest BCUT2D eigenvalue weighted by Crippen LogP contribution is -2.28. The van der Waals surface area contributed by atoms with Crippen LogP contribution in [0.5, 0.6) is 0 Å². The third-order valence-corrected chi connectivity index (χ3v) is 4.66. The van der Waals surface area contributed by atoms with Crippen molar-refractivity contribution in [2.45, 2.75) is 19.0 Å². The van der Waals surface area contributed by atoms with Gasteiger partial charge in [-0.15, -0.1) is 0 Å². The van der Waals surface area contributed by atoms with Crippen molar-refractivity contribution in [2.24, 2.45) is 0 Å². The van der Waals surface area contributed by atoms with Gasteiger partial charge in [-0.25, -0.2) is 14.2 Å². The first-order valence-electron chi connectivity index (χ1n) is 8.98. The first-order valence-corrected chi connectivity index (χ1v) is 8.98. The molecule has 1 aliphatic heterocycles. The summed E-state index contributed by atoms with van der Waals surface area (Å²) in [6.45, 7) is 2.19. The van der Waals surface area contributed by atoms with E-state index in [1.807, 2.05) is 37.3 Å². The highest BCUT2D eigenvalue weighted by Crippen LogP contribution is 2.32. The van der Waals surface area contributed by atoms with Crippen molar-refractivity contribution < 1.29 is 13.9 Å². The van der Waals surface area contributed by atoms with Crippen LogP contribution in [0.4, 0.5) is 21.0 Å². The van der Waals surface area contributed by atoms with Crippen LogP contribution in [0.1, 0.15) is 30.1 Å². The largest absolute Gasteiger partial charge is 0.447 e. The first-order chi connectivity index (χ1) is 13.6. The van der Waals surface area contributed by atoms with Gasteiger partial charge in [-0.05, 0) is 36.2 Å². The van der Waals surface area contributed by atoms with Crippen molar-refractivity contribution in [1.82, 2.24) is 9.97 Å². The second-order valence-corrected chi connectivity index (χ2v) is 6.53. The van der Waals surface area contributed by atoms with Crippen LogP contribution in [-0.4, -0.2) is 22.7 Å². The molecule has 0 radical (unpaired) electrons. The Bertz CT molecular complexity index is 966. The minimum atomic E-state index is -0.491. The molecule has 1 N–H and O–H groups in total. The molecule has 1 aromatic heterocycles. The van der Waals surface area contributed by atoms with Crippen LogP contribution in [-0.2, 0) is 4.74 Å². The fourth-order valence-electron chi connectivity index (χ4n) is 3.18. The van der Waals surface area contributed by atoms with Gasteiger partial charge in [0, 0.05) is 6.20 Å². The number of carbonyl (C=O) groups is 1. The van der Waals surface area contributed by atoms with E-state index >= 15 is 0 Å². The van der Waals surface area contributed by atoms with Crippen molar-refractivity contribution in [3.05, 3.63) is 83.8 Å². The number of anilines is 2. The lowest BCUT2D eigenvalue weighted by Gasteiger charge is -2.21. The van der Waals surface area contributed by atoms with E-state index < -0.39 is 6.09 Å². The molecule has 1 amide bonds. The van der Waals surface area contributed by atoms with Crippen LogP contribution < -0.4 is 10.2 Å². The maximum atomic E-state index is 13.2. The quantitative estimate of drug-likeness (QED) is 0.709. The van der Waals surface area contributed by atoms with Gasteiger partial charge in [-0.3, -0.25) is 4.90 Å². The monoisotopic (exact) mass is 378 g/mol. The molecule has 0 saturated carbocycles. The van der Waals surface area contributed by atoms with E-state index in [1.54, 1.807) is 24.4 Å². The van der Waals surface area contributed by atoms with Gasteiger partial charge in [-0.1, -0.05) is 42.5 Å². The molecule has 4 rings (SSSR count). The zero-order valence-corrected chi connectivity index (χ0v) is 15.2. The Labute approximate surface area is 162 Å². The zero-order chi connectivity index (χ0) is 19.5. The Balaban J connectivity index is 1.58. The van der Waals surface area contributed by atoms with Crippen molar-refractivity contribution in [3.8, 4) is 0 Å². The number of nitrogens with one attached hydrogen (secondary N) is 1. The lowest BCUT2D eigenvalue weighted by molar-refractivity contribution is 0.179. The van der Waals surface area contributed by atoms with Crippen LogP contribution in [0.3, 0.4) is 0 Å². The van der Waals surface area contributed by atoms with Gasteiger partial charge in [0.1, 0.15) is 24.3 Å². The van der Waals surface area contributed by atoms with E-state index in [9.17, 15) is 9.18 Å². The van der Waals surface area contributed by atoms with E-state index in [4.69, 9.17) is 4.74 Å². The summed E-state index contributed by atoms with van der Waals surface area (Å²) < 4.78 is 18.5. The maximum Gasteiger partial charge on any atom is 0.416 e. The van der Waals surface area contributed by atoms with Crippen molar-refractivity contribution >= 4 is 17.9 Å². The number of aromatic nitrogens is 2. The molecule has 6 nitrogen and oxygen atoms in total. The zero-order valence-electron chi connectivity index (χ0n) is 15.2. The number of hydrogen-bond donors (Lipinski definition) is 1. The molecule has 142 valence electrons. The van der Waals surface area contributed by atoms with E-state index in [0.29, 0.717) is 11.8 Å². The number of carbonyl (C=O) groups excluding carboxylic acids is 1. The van der Waals surface area contributed by atoms with Crippen molar-refractivity contribution in [1.29, 1.82) is 0 Å². The summed E-state index contributed by atoms with van der Waals surface area (Å²) >= 11 is 0. The second-order valence-electron chi connectivity index (χ2n) is 6.53. The molecular formula is C21H19FN4O2. The van der Waals surface area contributed by atoms with Crippen LogP contribution in [0.2, 0.25) is 0 Å².